The zero-order valence-electron chi connectivity index (χ0n) is 66.2. The van der Waals surface area contributed by atoms with Crippen molar-refractivity contribution in [1.82, 2.24) is 0 Å². The van der Waals surface area contributed by atoms with Crippen molar-refractivity contribution < 1.29 is 42.9 Å². The molecule has 0 aromatic rings. The van der Waals surface area contributed by atoms with Crippen LogP contribution in [-0.2, 0) is 33.3 Å². The molecule has 0 spiro atoms. The first kappa shape index (κ1) is 95.5. The van der Waals surface area contributed by atoms with Crippen LogP contribution >= 0.6 is 0 Å². The standard InChI is InChI=1S/C90H163NO8/c1-6-8-10-12-14-16-18-20-22-24-26-28-30-32-34-36-38-40-41-42-43-44-45-46-47-49-51-53-55-57-59-61-63-65-67-69-71-73-75-77-79-81-88(93)99-86(85-98-90(89(94)95)96-83-82-91(3,4)5)84-97-87(92)80-78-76-74-72-70-68-66-64-62-60-58-56-54-52-50-48-39-37-35-33-31-29-27-25-23-21-19-17-15-13-11-9-7-2/h8,10,14,16,19-22,25-28,31,33,86,90H,6-7,9,11-13,15,17-18,23-24,29-30,32,34-85H2,1-5H3/p+1/b10-8-,16-14-,21-19-,22-20-,27-25-,28-26-,33-31-. The number of quaternary nitrogens is 1. The van der Waals surface area contributed by atoms with Gasteiger partial charge in [0.2, 0.25) is 0 Å². The molecule has 0 aromatic carbocycles. The highest BCUT2D eigenvalue weighted by Gasteiger charge is 2.25. The summed E-state index contributed by atoms with van der Waals surface area (Å²) in [5, 5.41) is 9.79. The third kappa shape index (κ3) is 81.6. The van der Waals surface area contributed by atoms with Crippen molar-refractivity contribution in [3.63, 3.8) is 0 Å². The van der Waals surface area contributed by atoms with Crippen LogP contribution in [0.25, 0.3) is 0 Å². The van der Waals surface area contributed by atoms with Crippen LogP contribution in [-0.4, -0.2) is 87.4 Å². The van der Waals surface area contributed by atoms with Crippen LogP contribution in [0.1, 0.15) is 412 Å². The van der Waals surface area contributed by atoms with Crippen molar-refractivity contribution in [1.29, 1.82) is 0 Å². The van der Waals surface area contributed by atoms with E-state index in [2.05, 4.69) is 98.9 Å². The second kappa shape index (κ2) is 80.2. The number of carbonyl (C=O) groups excluding carboxylic acids is 2. The number of hydrogen-bond acceptors (Lipinski definition) is 7. The predicted molar refractivity (Wildman–Crippen MR) is 429 cm³/mol. The number of carboxylic acid groups (broad SMARTS) is 1. The minimum atomic E-state index is -1.51. The molecule has 0 radical (unpaired) electrons. The van der Waals surface area contributed by atoms with Crippen molar-refractivity contribution in [2.45, 2.75) is 424 Å². The molecule has 0 saturated heterocycles. The Bertz CT molecular complexity index is 1910. The topological polar surface area (TPSA) is 108 Å². The van der Waals surface area contributed by atoms with Gasteiger partial charge in [-0.2, -0.15) is 0 Å². The minimum absolute atomic E-state index is 0.178. The Hall–Kier alpha value is -3.53. The number of rotatable bonds is 80. The van der Waals surface area contributed by atoms with E-state index in [4.69, 9.17) is 18.9 Å². The van der Waals surface area contributed by atoms with Crippen molar-refractivity contribution in [3.05, 3.63) is 85.1 Å². The summed E-state index contributed by atoms with van der Waals surface area (Å²) in [6.07, 6.45) is 108. The molecule has 0 bridgehead atoms. The lowest BCUT2D eigenvalue weighted by Gasteiger charge is -2.25. The Morgan fingerprint density at radius 1 is 0.313 bits per heavy atom. The summed E-state index contributed by atoms with van der Waals surface area (Å²) < 4.78 is 23.1. The van der Waals surface area contributed by atoms with E-state index in [9.17, 15) is 19.5 Å². The third-order valence-electron chi connectivity index (χ3n) is 19.1. The average molecular weight is 1390 g/mol. The van der Waals surface area contributed by atoms with Crippen molar-refractivity contribution in [2.24, 2.45) is 0 Å². The Balaban J connectivity index is 3.93. The summed E-state index contributed by atoms with van der Waals surface area (Å²) in [6.45, 7) is 4.82. The molecular formula is C90H164NO8+. The van der Waals surface area contributed by atoms with Crippen LogP contribution in [0.15, 0.2) is 85.1 Å². The maximum atomic E-state index is 13.0. The zero-order chi connectivity index (χ0) is 71.8. The Morgan fingerprint density at radius 2 is 0.576 bits per heavy atom. The molecule has 9 nitrogen and oxygen atoms in total. The number of allylic oxidation sites excluding steroid dienone is 14. The van der Waals surface area contributed by atoms with Crippen molar-refractivity contribution in [3.8, 4) is 0 Å². The quantitative estimate of drug-likeness (QED) is 0.0211. The smallest absolute Gasteiger partial charge is 0.361 e. The molecule has 0 rings (SSSR count). The van der Waals surface area contributed by atoms with Crippen LogP contribution in [0.4, 0.5) is 0 Å². The molecule has 1 N–H and O–H groups in total. The molecule has 576 valence electrons. The lowest BCUT2D eigenvalue weighted by atomic mass is 10.0. The van der Waals surface area contributed by atoms with E-state index in [1.807, 2.05) is 21.1 Å². The lowest BCUT2D eigenvalue weighted by Crippen LogP contribution is -2.40. The molecule has 0 saturated carbocycles. The largest absolute Gasteiger partial charge is 0.477 e. The van der Waals surface area contributed by atoms with Gasteiger partial charge in [-0.1, -0.05) is 394 Å². The van der Waals surface area contributed by atoms with E-state index in [0.29, 0.717) is 17.4 Å². The number of unbranched alkanes of at least 4 members (excludes halogenated alkanes) is 51. The minimum Gasteiger partial charge on any atom is -0.477 e. The summed E-state index contributed by atoms with van der Waals surface area (Å²) in [6, 6.07) is 0. The molecule has 99 heavy (non-hydrogen) atoms. The number of carboxylic acids is 1. The second-order valence-electron chi connectivity index (χ2n) is 30.1. The van der Waals surface area contributed by atoms with E-state index in [-0.39, 0.29) is 38.2 Å². The number of carbonyl (C=O) groups is 3. The first-order valence-electron chi connectivity index (χ1n) is 42.8. The highest BCUT2D eigenvalue weighted by Crippen LogP contribution is 2.20. The third-order valence-corrected chi connectivity index (χ3v) is 19.1. The number of likely N-dealkylation sites (N-methyl/N-ethyl adjacent to an activating group) is 1. The summed E-state index contributed by atoms with van der Waals surface area (Å²) in [5.41, 5.74) is 0. The highest BCUT2D eigenvalue weighted by molar-refractivity contribution is 5.71. The molecule has 2 unspecified atom stereocenters. The number of hydrogen-bond donors (Lipinski definition) is 1. The molecule has 0 aliphatic rings. The van der Waals surface area contributed by atoms with Crippen LogP contribution in [0.5, 0.6) is 0 Å². The fraction of sp³-hybridized carbons (Fsp3) is 0.811. The van der Waals surface area contributed by atoms with E-state index < -0.39 is 18.4 Å². The molecule has 0 amide bonds. The zero-order valence-corrected chi connectivity index (χ0v) is 66.2. The van der Waals surface area contributed by atoms with Crippen LogP contribution in [0.2, 0.25) is 0 Å². The fourth-order valence-electron chi connectivity index (χ4n) is 12.7. The maximum absolute atomic E-state index is 13.0. The molecule has 2 atom stereocenters. The normalized spacial score (nSPS) is 13.0. The summed E-state index contributed by atoms with van der Waals surface area (Å²) >= 11 is 0. The first-order chi connectivity index (χ1) is 48.6. The van der Waals surface area contributed by atoms with Gasteiger partial charge >= 0.3 is 17.9 Å². The predicted octanol–water partition coefficient (Wildman–Crippen LogP) is 27.7. The van der Waals surface area contributed by atoms with Crippen LogP contribution in [0, 0.1) is 0 Å². The van der Waals surface area contributed by atoms with Gasteiger partial charge in [0.25, 0.3) is 6.29 Å². The van der Waals surface area contributed by atoms with Gasteiger partial charge in [-0.3, -0.25) is 9.59 Å². The van der Waals surface area contributed by atoms with Gasteiger partial charge in [0.1, 0.15) is 13.2 Å². The highest BCUT2D eigenvalue weighted by atomic mass is 16.7. The molecule has 9 heteroatoms. The number of ether oxygens (including phenoxy) is 4. The Labute approximate surface area is 614 Å². The van der Waals surface area contributed by atoms with Crippen molar-refractivity contribution >= 4 is 17.9 Å². The maximum Gasteiger partial charge on any atom is 0.361 e. The summed E-state index contributed by atoms with van der Waals surface area (Å²) in [4.78, 5) is 37.8. The van der Waals surface area contributed by atoms with Gasteiger partial charge < -0.3 is 28.5 Å². The van der Waals surface area contributed by atoms with Gasteiger partial charge in [-0.25, -0.2) is 4.79 Å². The van der Waals surface area contributed by atoms with E-state index in [1.54, 1.807) is 0 Å². The van der Waals surface area contributed by atoms with Gasteiger partial charge in [0.05, 0.1) is 34.4 Å². The summed E-state index contributed by atoms with van der Waals surface area (Å²) in [7, 11) is 6.00. The molecule has 0 fully saturated rings. The van der Waals surface area contributed by atoms with Gasteiger partial charge in [0.15, 0.2) is 6.10 Å². The molecule has 0 heterocycles. The SMILES string of the molecule is CC/C=C\C/C=C\C/C=C\C/C=C\CCCCCCCCCCCCCCCCCCCCCCCCCCCCCCC(=O)OC(COC(=O)CCCCCCCCCCCCCCCCCCCC/C=C\C/C=C\C/C=C\CCCCCCC)COC(OCC[N+](C)(C)C)C(=O)O. The molecule has 0 aliphatic carbocycles. The summed E-state index contributed by atoms with van der Waals surface area (Å²) in [5.74, 6) is -1.98. The molecular weight excluding hydrogens is 1220 g/mol. The lowest BCUT2D eigenvalue weighted by molar-refractivity contribution is -0.870. The number of esters is 2. The van der Waals surface area contributed by atoms with Crippen LogP contribution < -0.4 is 0 Å². The van der Waals surface area contributed by atoms with E-state index in [0.717, 1.165) is 77.0 Å². The Kier molecular flexibility index (Phi) is 77.3. The molecule has 0 aromatic heterocycles. The number of aliphatic carboxylic acids is 1. The van der Waals surface area contributed by atoms with Gasteiger partial charge in [0, 0.05) is 12.8 Å². The van der Waals surface area contributed by atoms with Gasteiger partial charge in [-0.15, -0.1) is 0 Å². The fourth-order valence-corrected chi connectivity index (χ4v) is 12.7. The monoisotopic (exact) mass is 1390 g/mol. The van der Waals surface area contributed by atoms with E-state index in [1.165, 1.54) is 308 Å². The molecule has 0 aliphatic heterocycles. The number of nitrogens with zero attached hydrogens (tertiary/aromatic N) is 1. The Morgan fingerprint density at radius 3 is 0.859 bits per heavy atom. The average Bonchev–Trinajstić information content (AvgIpc) is 2.62. The van der Waals surface area contributed by atoms with Crippen molar-refractivity contribution in [2.75, 3.05) is 47.5 Å². The second-order valence-corrected chi connectivity index (χ2v) is 30.1. The van der Waals surface area contributed by atoms with Crippen LogP contribution in [0.3, 0.4) is 0 Å². The first-order valence-corrected chi connectivity index (χ1v) is 42.8. The van der Waals surface area contributed by atoms with Gasteiger partial charge in [-0.05, 0) is 89.9 Å². The van der Waals surface area contributed by atoms with E-state index >= 15 is 0 Å².